The summed E-state index contributed by atoms with van der Waals surface area (Å²) >= 11 is 1.26. The van der Waals surface area contributed by atoms with Crippen LogP contribution in [0.5, 0.6) is 0 Å². The zero-order valence-corrected chi connectivity index (χ0v) is 16.6. The molecule has 0 atom stereocenters. The Hall–Kier alpha value is -2.44. The summed E-state index contributed by atoms with van der Waals surface area (Å²) in [4.78, 5) is 21.8. The van der Waals surface area contributed by atoms with Gasteiger partial charge in [0.2, 0.25) is 21.1 Å². The molecule has 0 saturated carbocycles. The number of aromatic nitrogens is 2. The Morgan fingerprint density at radius 2 is 1.85 bits per heavy atom. The number of nitrogens with one attached hydrogen (secondary N) is 2. The monoisotopic (exact) mass is 413 g/mol. The lowest BCUT2D eigenvalue weighted by molar-refractivity contribution is -0.384. The molecule has 1 aromatic carbocycles. The Kier molecular flexibility index (Phi) is 6.23. The smallest absolute Gasteiger partial charge is 0.269 e. The van der Waals surface area contributed by atoms with Crippen LogP contribution in [0.1, 0.15) is 32.2 Å². The first kappa shape index (κ1) is 20.9. The number of nitro groups is 1. The normalized spacial score (nSPS) is 12.0. The lowest BCUT2D eigenvalue weighted by Gasteiger charge is -2.12. The van der Waals surface area contributed by atoms with Crippen molar-refractivity contribution in [1.29, 1.82) is 0 Å². The van der Waals surface area contributed by atoms with Crippen LogP contribution < -0.4 is 10.0 Å². The molecule has 2 aromatic rings. The molecule has 10 nitrogen and oxygen atoms in total. The van der Waals surface area contributed by atoms with Crippen molar-refractivity contribution in [2.45, 2.75) is 37.5 Å². The van der Waals surface area contributed by atoms with E-state index in [1.807, 2.05) is 20.8 Å². The van der Waals surface area contributed by atoms with E-state index in [-0.39, 0.29) is 29.0 Å². The number of benzene rings is 1. The number of sulfonamides is 1. The fraction of sp³-hybridized carbons (Fsp3) is 0.400. The Labute approximate surface area is 160 Å². The lowest BCUT2D eigenvalue weighted by Crippen LogP contribution is -2.27. The summed E-state index contributed by atoms with van der Waals surface area (Å²) < 4.78 is 26.5. The molecule has 0 aliphatic heterocycles. The topological polar surface area (TPSA) is 144 Å². The average molecular weight is 413 g/mol. The van der Waals surface area contributed by atoms with Gasteiger partial charge in [-0.25, -0.2) is 13.1 Å². The van der Waals surface area contributed by atoms with Gasteiger partial charge >= 0.3 is 0 Å². The molecular formula is C15H19N5O5S2. The van der Waals surface area contributed by atoms with Crippen molar-refractivity contribution >= 4 is 38.1 Å². The standard InChI is InChI=1S/C15H19N5O5S2/c1-15(2,3)13-18-19-14(26-13)17-12(21)8-9-16-27(24,25)11-6-4-10(5-7-11)20(22)23/h4-7,16H,8-9H2,1-3H3,(H,17,19,21). The highest BCUT2D eigenvalue weighted by atomic mass is 32.2. The maximum absolute atomic E-state index is 12.1. The van der Waals surface area contributed by atoms with Gasteiger partial charge in [0.25, 0.3) is 5.69 Å². The molecule has 12 heteroatoms. The van der Waals surface area contributed by atoms with Gasteiger partial charge in [-0.15, -0.1) is 10.2 Å². The van der Waals surface area contributed by atoms with E-state index in [0.717, 1.165) is 29.3 Å². The first-order valence-corrected chi connectivity index (χ1v) is 10.2. The molecule has 0 radical (unpaired) electrons. The van der Waals surface area contributed by atoms with Gasteiger partial charge in [0, 0.05) is 30.5 Å². The van der Waals surface area contributed by atoms with Gasteiger partial charge < -0.3 is 5.32 Å². The van der Waals surface area contributed by atoms with Gasteiger partial charge in [0.15, 0.2) is 0 Å². The van der Waals surface area contributed by atoms with Crippen LogP contribution in [-0.2, 0) is 20.2 Å². The van der Waals surface area contributed by atoms with Crippen molar-refractivity contribution in [3.05, 3.63) is 39.4 Å². The number of rotatable bonds is 7. The van der Waals surface area contributed by atoms with Crippen LogP contribution in [0.15, 0.2) is 29.2 Å². The Balaban J connectivity index is 1.88. The number of amides is 1. The van der Waals surface area contributed by atoms with Crippen LogP contribution in [0.4, 0.5) is 10.8 Å². The lowest BCUT2D eigenvalue weighted by atomic mass is 9.98. The number of hydrogen-bond acceptors (Lipinski definition) is 8. The minimum atomic E-state index is -3.86. The number of nitrogens with zero attached hydrogens (tertiary/aromatic N) is 3. The molecule has 2 N–H and O–H groups in total. The highest BCUT2D eigenvalue weighted by Gasteiger charge is 2.20. The molecule has 0 saturated heterocycles. The van der Waals surface area contributed by atoms with Crippen LogP contribution in [0.25, 0.3) is 0 Å². The molecule has 2 rings (SSSR count). The molecule has 0 fully saturated rings. The van der Waals surface area contributed by atoms with E-state index in [0.29, 0.717) is 5.13 Å². The number of carbonyl (C=O) groups excluding carboxylic acids is 1. The van der Waals surface area contributed by atoms with Crippen LogP contribution in [0.2, 0.25) is 0 Å². The van der Waals surface area contributed by atoms with Crippen LogP contribution in [-0.4, -0.2) is 36.0 Å². The summed E-state index contributed by atoms with van der Waals surface area (Å²) in [6.07, 6.45) is -0.101. The third kappa shape index (κ3) is 5.77. The molecule has 1 aromatic heterocycles. The number of carbonyl (C=O) groups is 1. The van der Waals surface area contributed by atoms with Gasteiger partial charge in [0.05, 0.1) is 9.82 Å². The zero-order valence-electron chi connectivity index (χ0n) is 14.9. The summed E-state index contributed by atoms with van der Waals surface area (Å²) in [5.41, 5.74) is -0.388. The first-order valence-electron chi connectivity index (χ1n) is 7.87. The Bertz CT molecular complexity index is 932. The fourth-order valence-corrected chi connectivity index (χ4v) is 3.74. The molecule has 1 amide bonds. The van der Waals surface area contributed by atoms with Crippen LogP contribution in [0.3, 0.4) is 0 Å². The van der Waals surface area contributed by atoms with E-state index in [2.05, 4.69) is 20.2 Å². The highest BCUT2D eigenvalue weighted by molar-refractivity contribution is 7.89. The van der Waals surface area contributed by atoms with Crippen LogP contribution >= 0.6 is 11.3 Å². The van der Waals surface area contributed by atoms with E-state index < -0.39 is 20.9 Å². The molecule has 0 bridgehead atoms. The number of hydrogen-bond donors (Lipinski definition) is 2. The number of anilines is 1. The summed E-state index contributed by atoms with van der Waals surface area (Å²) in [6, 6.07) is 4.47. The van der Waals surface area contributed by atoms with Gasteiger partial charge in [0.1, 0.15) is 5.01 Å². The number of nitro benzene ring substituents is 1. The summed E-state index contributed by atoms with van der Waals surface area (Å²) in [6.45, 7) is 5.81. The number of non-ortho nitro benzene ring substituents is 1. The maximum atomic E-state index is 12.1. The van der Waals surface area contributed by atoms with Crippen molar-refractivity contribution in [1.82, 2.24) is 14.9 Å². The van der Waals surface area contributed by atoms with E-state index in [9.17, 15) is 23.3 Å². The van der Waals surface area contributed by atoms with E-state index in [1.165, 1.54) is 11.3 Å². The first-order chi connectivity index (χ1) is 12.5. The predicted molar refractivity (Wildman–Crippen MR) is 100 cm³/mol. The second kappa shape index (κ2) is 8.06. The quantitative estimate of drug-likeness (QED) is 0.522. The average Bonchev–Trinajstić information content (AvgIpc) is 3.03. The molecule has 27 heavy (non-hydrogen) atoms. The van der Waals surface area contributed by atoms with E-state index in [1.54, 1.807) is 0 Å². The minimum absolute atomic E-state index is 0.101. The highest BCUT2D eigenvalue weighted by Crippen LogP contribution is 2.27. The van der Waals surface area contributed by atoms with Gasteiger partial charge in [-0.05, 0) is 12.1 Å². The van der Waals surface area contributed by atoms with E-state index >= 15 is 0 Å². The molecular weight excluding hydrogens is 394 g/mol. The zero-order chi connectivity index (χ0) is 20.2. The molecule has 146 valence electrons. The van der Waals surface area contributed by atoms with E-state index in [4.69, 9.17) is 0 Å². The third-order valence-electron chi connectivity index (χ3n) is 3.31. The van der Waals surface area contributed by atoms with Crippen molar-refractivity contribution < 1.29 is 18.1 Å². The SMILES string of the molecule is CC(C)(C)c1nnc(NC(=O)CCNS(=O)(=O)c2ccc([N+](=O)[O-])cc2)s1. The van der Waals surface area contributed by atoms with Gasteiger partial charge in [-0.1, -0.05) is 32.1 Å². The Morgan fingerprint density at radius 1 is 1.22 bits per heavy atom. The van der Waals surface area contributed by atoms with Gasteiger partial charge in [-0.2, -0.15) is 0 Å². The fourth-order valence-electron chi connectivity index (χ4n) is 1.89. The maximum Gasteiger partial charge on any atom is 0.269 e. The van der Waals surface area contributed by atoms with Gasteiger partial charge in [-0.3, -0.25) is 14.9 Å². The predicted octanol–water partition coefficient (Wildman–Crippen LogP) is 2.05. The second-order valence-electron chi connectivity index (χ2n) is 6.61. The molecule has 0 unspecified atom stereocenters. The third-order valence-corrected chi connectivity index (χ3v) is 6.06. The van der Waals surface area contributed by atoms with Crippen molar-refractivity contribution in [3.63, 3.8) is 0 Å². The van der Waals surface area contributed by atoms with Crippen molar-refractivity contribution in [2.24, 2.45) is 0 Å². The van der Waals surface area contributed by atoms with Crippen LogP contribution in [0, 0.1) is 10.1 Å². The summed E-state index contributed by atoms with van der Waals surface area (Å²) in [5, 5.41) is 22.2. The van der Waals surface area contributed by atoms with Crippen molar-refractivity contribution in [3.8, 4) is 0 Å². The summed E-state index contributed by atoms with van der Waals surface area (Å²) in [5.74, 6) is -0.405. The minimum Gasteiger partial charge on any atom is -0.300 e. The largest absolute Gasteiger partial charge is 0.300 e. The molecule has 0 aliphatic carbocycles. The molecule has 0 aliphatic rings. The molecule has 0 spiro atoms. The molecule has 1 heterocycles. The van der Waals surface area contributed by atoms with Crippen molar-refractivity contribution in [2.75, 3.05) is 11.9 Å². The Morgan fingerprint density at radius 3 is 2.37 bits per heavy atom. The summed E-state index contributed by atoms with van der Waals surface area (Å²) in [7, 11) is -3.86. The second-order valence-corrected chi connectivity index (χ2v) is 9.35.